The number of rotatable bonds is 7. The Labute approximate surface area is 122 Å². The molecule has 0 saturated carbocycles. The monoisotopic (exact) mass is 279 g/mol. The average molecular weight is 279 g/mol. The maximum atomic E-state index is 5.78. The summed E-state index contributed by atoms with van der Waals surface area (Å²) in [6, 6.07) is 0. The summed E-state index contributed by atoms with van der Waals surface area (Å²) in [6.45, 7) is 8.51. The third kappa shape index (κ3) is 4.60. The molecule has 1 aliphatic rings. The number of hydrogen-bond donors (Lipinski definition) is 1. The molecule has 1 fully saturated rings. The highest BCUT2D eigenvalue weighted by atomic mass is 16.5. The lowest BCUT2D eigenvalue weighted by Gasteiger charge is -2.37. The molecule has 1 aliphatic heterocycles. The first-order valence-electron chi connectivity index (χ1n) is 7.86. The van der Waals surface area contributed by atoms with Gasteiger partial charge in [-0.25, -0.2) is 0 Å². The third-order valence-corrected chi connectivity index (χ3v) is 4.16. The highest BCUT2D eigenvalue weighted by Crippen LogP contribution is 2.33. The van der Waals surface area contributed by atoms with Crippen LogP contribution < -0.4 is 5.32 Å². The van der Waals surface area contributed by atoms with Crippen LogP contribution in [-0.2, 0) is 18.2 Å². The number of ether oxygens (including phenoxy) is 1. The van der Waals surface area contributed by atoms with Crippen LogP contribution in [0.5, 0.6) is 0 Å². The summed E-state index contributed by atoms with van der Waals surface area (Å²) in [5.41, 5.74) is 1.64. The lowest BCUT2D eigenvalue weighted by molar-refractivity contribution is -0.0121. The van der Waals surface area contributed by atoms with Gasteiger partial charge in [-0.3, -0.25) is 4.68 Å². The molecule has 1 atom stereocenters. The van der Waals surface area contributed by atoms with Crippen LogP contribution in [0.25, 0.3) is 0 Å². The molecule has 0 aromatic carbocycles. The van der Waals surface area contributed by atoms with Crippen LogP contribution >= 0.6 is 0 Å². The summed E-state index contributed by atoms with van der Waals surface area (Å²) >= 11 is 0. The first-order chi connectivity index (χ1) is 9.60. The minimum Gasteiger partial charge on any atom is -0.381 e. The van der Waals surface area contributed by atoms with E-state index >= 15 is 0 Å². The molecular formula is C16H29N3O. The van der Waals surface area contributed by atoms with Crippen LogP contribution in [0.15, 0.2) is 12.4 Å². The van der Waals surface area contributed by atoms with E-state index in [2.05, 4.69) is 30.5 Å². The van der Waals surface area contributed by atoms with Crippen molar-refractivity contribution in [3.63, 3.8) is 0 Å². The van der Waals surface area contributed by atoms with Gasteiger partial charge in [0.15, 0.2) is 0 Å². The Bertz CT molecular complexity index is 394. The van der Waals surface area contributed by atoms with E-state index in [4.69, 9.17) is 4.74 Å². The van der Waals surface area contributed by atoms with Crippen LogP contribution in [-0.4, -0.2) is 36.1 Å². The average Bonchev–Trinajstić information content (AvgIpc) is 2.83. The van der Waals surface area contributed by atoms with Crippen molar-refractivity contribution in [2.45, 2.75) is 39.5 Å². The van der Waals surface area contributed by atoms with Gasteiger partial charge < -0.3 is 10.1 Å². The van der Waals surface area contributed by atoms with Gasteiger partial charge in [-0.2, -0.15) is 5.10 Å². The van der Waals surface area contributed by atoms with Gasteiger partial charge >= 0.3 is 0 Å². The van der Waals surface area contributed by atoms with E-state index in [1.54, 1.807) is 0 Å². The smallest absolute Gasteiger partial charge is 0.0534 e. The predicted octanol–water partition coefficient (Wildman–Crippen LogP) is 2.40. The van der Waals surface area contributed by atoms with E-state index in [-0.39, 0.29) is 0 Å². The minimum atomic E-state index is 0.309. The number of aryl methyl sites for hydroxylation is 2. The molecule has 0 aliphatic carbocycles. The number of hydrogen-bond acceptors (Lipinski definition) is 3. The summed E-state index contributed by atoms with van der Waals surface area (Å²) in [6.07, 6.45) is 8.86. The van der Waals surface area contributed by atoms with Gasteiger partial charge in [0.2, 0.25) is 0 Å². The molecule has 1 N–H and O–H groups in total. The molecule has 0 spiro atoms. The molecular weight excluding hydrogens is 250 g/mol. The number of aromatic nitrogens is 2. The fourth-order valence-electron chi connectivity index (χ4n) is 2.97. The van der Waals surface area contributed by atoms with Gasteiger partial charge in [-0.1, -0.05) is 13.8 Å². The Hall–Kier alpha value is -0.870. The standard InChI is InChI=1S/C16H29N3O/c1-14(2)9-17-12-16(6-4-8-20-13-16)7-5-15-10-18-19(3)11-15/h10-11,14,17H,4-9,12-13H2,1-3H3. The Kier molecular flexibility index (Phi) is 5.61. The van der Waals surface area contributed by atoms with Crippen molar-refractivity contribution in [3.8, 4) is 0 Å². The van der Waals surface area contributed by atoms with Crippen molar-refractivity contribution < 1.29 is 4.74 Å². The quantitative estimate of drug-likeness (QED) is 0.833. The van der Waals surface area contributed by atoms with Gasteiger partial charge in [-0.05, 0) is 43.7 Å². The van der Waals surface area contributed by atoms with E-state index in [0.717, 1.165) is 32.7 Å². The number of nitrogens with one attached hydrogen (secondary N) is 1. The third-order valence-electron chi connectivity index (χ3n) is 4.16. The highest BCUT2D eigenvalue weighted by Gasteiger charge is 2.32. The second-order valence-electron chi connectivity index (χ2n) is 6.70. The summed E-state index contributed by atoms with van der Waals surface area (Å²) < 4.78 is 7.66. The first kappa shape index (κ1) is 15.5. The van der Waals surface area contributed by atoms with Gasteiger partial charge in [0.25, 0.3) is 0 Å². The minimum absolute atomic E-state index is 0.309. The second-order valence-corrected chi connectivity index (χ2v) is 6.70. The van der Waals surface area contributed by atoms with Crippen LogP contribution in [0.1, 0.15) is 38.7 Å². The molecule has 114 valence electrons. The van der Waals surface area contributed by atoms with Gasteiger partial charge in [0.05, 0.1) is 12.8 Å². The SMILES string of the molecule is CC(C)CNCC1(CCc2cnn(C)c2)CCCOC1. The van der Waals surface area contributed by atoms with Crippen molar-refractivity contribution >= 4 is 0 Å². The summed E-state index contributed by atoms with van der Waals surface area (Å²) in [4.78, 5) is 0. The normalized spacial score (nSPS) is 23.4. The van der Waals surface area contributed by atoms with Crippen LogP contribution in [0.4, 0.5) is 0 Å². The molecule has 1 saturated heterocycles. The van der Waals surface area contributed by atoms with Crippen molar-refractivity contribution in [1.82, 2.24) is 15.1 Å². The van der Waals surface area contributed by atoms with Crippen LogP contribution in [0, 0.1) is 11.3 Å². The van der Waals surface area contributed by atoms with E-state index in [9.17, 15) is 0 Å². The molecule has 1 aromatic heterocycles. The maximum absolute atomic E-state index is 5.78. The second kappa shape index (κ2) is 7.23. The van der Waals surface area contributed by atoms with Crippen LogP contribution in [0.3, 0.4) is 0 Å². The summed E-state index contributed by atoms with van der Waals surface area (Å²) in [5, 5.41) is 7.89. The molecule has 2 heterocycles. The Morgan fingerprint density at radius 1 is 1.50 bits per heavy atom. The van der Waals surface area contributed by atoms with Gasteiger partial charge in [0, 0.05) is 31.8 Å². The van der Waals surface area contributed by atoms with E-state index in [1.165, 1.54) is 24.8 Å². The summed E-state index contributed by atoms with van der Waals surface area (Å²) in [7, 11) is 1.98. The fourth-order valence-corrected chi connectivity index (χ4v) is 2.97. The maximum Gasteiger partial charge on any atom is 0.0534 e. The van der Waals surface area contributed by atoms with E-state index < -0.39 is 0 Å². The molecule has 4 heteroatoms. The zero-order chi connectivity index (χ0) is 14.4. The largest absolute Gasteiger partial charge is 0.381 e. The fraction of sp³-hybridized carbons (Fsp3) is 0.812. The summed E-state index contributed by atoms with van der Waals surface area (Å²) in [5.74, 6) is 0.704. The molecule has 2 rings (SSSR count). The zero-order valence-corrected chi connectivity index (χ0v) is 13.2. The molecule has 1 unspecified atom stereocenters. The molecule has 4 nitrogen and oxygen atoms in total. The van der Waals surface area contributed by atoms with E-state index in [0.29, 0.717) is 11.3 Å². The molecule has 20 heavy (non-hydrogen) atoms. The van der Waals surface area contributed by atoms with Gasteiger partial charge in [0.1, 0.15) is 0 Å². The lowest BCUT2D eigenvalue weighted by Crippen LogP contribution is -2.42. The molecule has 1 aromatic rings. The molecule has 0 bridgehead atoms. The van der Waals surface area contributed by atoms with Crippen molar-refractivity contribution in [2.75, 3.05) is 26.3 Å². The van der Waals surface area contributed by atoms with Gasteiger partial charge in [-0.15, -0.1) is 0 Å². The Morgan fingerprint density at radius 2 is 2.35 bits per heavy atom. The zero-order valence-electron chi connectivity index (χ0n) is 13.2. The van der Waals surface area contributed by atoms with Crippen molar-refractivity contribution in [2.24, 2.45) is 18.4 Å². The Morgan fingerprint density at radius 3 is 2.95 bits per heavy atom. The Balaban J connectivity index is 1.88. The van der Waals surface area contributed by atoms with E-state index in [1.807, 2.05) is 17.9 Å². The first-order valence-corrected chi connectivity index (χ1v) is 7.86. The molecule has 0 radical (unpaired) electrons. The number of nitrogens with zero attached hydrogens (tertiary/aromatic N) is 2. The highest BCUT2D eigenvalue weighted by molar-refractivity contribution is 5.05. The predicted molar refractivity (Wildman–Crippen MR) is 81.7 cm³/mol. The lowest BCUT2D eigenvalue weighted by atomic mass is 9.77. The molecule has 0 amide bonds. The van der Waals surface area contributed by atoms with Crippen molar-refractivity contribution in [3.05, 3.63) is 18.0 Å². The van der Waals surface area contributed by atoms with Crippen molar-refractivity contribution in [1.29, 1.82) is 0 Å². The topological polar surface area (TPSA) is 39.1 Å². The van der Waals surface area contributed by atoms with Crippen LogP contribution in [0.2, 0.25) is 0 Å².